The number of hydrogen-bond donors (Lipinski definition) is 2. The molecule has 0 fully saturated rings. The maximum absolute atomic E-state index is 12.7. The average molecular weight is 484 g/mol. The molecule has 2 rings (SSSR count). The fourth-order valence-corrected chi connectivity index (χ4v) is 2.74. The lowest BCUT2D eigenvalue weighted by molar-refractivity contribution is -0.137. The van der Waals surface area contributed by atoms with Gasteiger partial charge in [0.15, 0.2) is 5.96 Å². The number of thiazole rings is 1. The first-order valence-electron chi connectivity index (χ1n) is 7.40. The number of guanidine groups is 1. The fourth-order valence-electron chi connectivity index (χ4n) is 2.10. The number of alkyl halides is 3. The molecule has 1 heterocycles. The van der Waals surface area contributed by atoms with Crippen molar-refractivity contribution in [2.75, 3.05) is 13.6 Å². The lowest BCUT2D eigenvalue weighted by Gasteiger charge is -2.13. The molecule has 0 amide bonds. The number of halogens is 4. The molecule has 0 bridgehead atoms. The lowest BCUT2D eigenvalue weighted by Crippen LogP contribution is -2.37. The zero-order valence-electron chi connectivity index (χ0n) is 13.9. The molecule has 138 valence electrons. The van der Waals surface area contributed by atoms with Gasteiger partial charge in [-0.2, -0.15) is 13.2 Å². The van der Waals surface area contributed by atoms with Crippen LogP contribution in [0.3, 0.4) is 0 Å². The van der Waals surface area contributed by atoms with Crippen molar-refractivity contribution in [1.29, 1.82) is 0 Å². The Labute approximate surface area is 166 Å². The van der Waals surface area contributed by atoms with Gasteiger partial charge >= 0.3 is 6.18 Å². The van der Waals surface area contributed by atoms with E-state index >= 15 is 0 Å². The van der Waals surface area contributed by atoms with Crippen LogP contribution in [0.4, 0.5) is 13.2 Å². The van der Waals surface area contributed by atoms with Crippen molar-refractivity contribution in [1.82, 2.24) is 15.6 Å². The summed E-state index contributed by atoms with van der Waals surface area (Å²) in [4.78, 5) is 8.44. The van der Waals surface area contributed by atoms with Crippen molar-refractivity contribution in [2.24, 2.45) is 4.99 Å². The molecule has 1 aromatic heterocycles. The molecular weight excluding hydrogens is 464 g/mol. The average Bonchev–Trinajstić information content (AvgIpc) is 2.95. The number of hydrogen-bond acceptors (Lipinski definition) is 3. The summed E-state index contributed by atoms with van der Waals surface area (Å²) in [6.45, 7) is 2.86. The number of nitrogens with one attached hydrogen (secondary N) is 2. The van der Waals surface area contributed by atoms with E-state index in [4.69, 9.17) is 0 Å². The highest BCUT2D eigenvalue weighted by Crippen LogP contribution is 2.29. The molecule has 4 nitrogen and oxygen atoms in total. The summed E-state index contributed by atoms with van der Waals surface area (Å²) >= 11 is 1.60. The van der Waals surface area contributed by atoms with Crippen LogP contribution in [0.2, 0.25) is 0 Å². The van der Waals surface area contributed by atoms with Crippen LogP contribution in [0, 0.1) is 6.92 Å². The van der Waals surface area contributed by atoms with E-state index in [1.54, 1.807) is 24.5 Å². The first kappa shape index (κ1) is 21.7. The zero-order chi connectivity index (χ0) is 17.6. The monoisotopic (exact) mass is 484 g/mol. The molecule has 2 aromatic rings. The SMILES string of the molecule is CN=C(NCCc1csc(C)n1)NCc1cccc(C(F)(F)F)c1.I. The smallest absolute Gasteiger partial charge is 0.356 e. The van der Waals surface area contributed by atoms with Gasteiger partial charge in [-0.25, -0.2) is 4.98 Å². The molecule has 0 atom stereocenters. The van der Waals surface area contributed by atoms with Gasteiger partial charge < -0.3 is 10.6 Å². The molecule has 0 aliphatic heterocycles. The predicted molar refractivity (Wildman–Crippen MR) is 106 cm³/mol. The van der Waals surface area contributed by atoms with Crippen LogP contribution in [-0.2, 0) is 19.1 Å². The standard InChI is InChI=1S/C16H19F3N4S.HI/c1-11-23-14(10-24-11)6-7-21-15(20-2)22-9-12-4-3-5-13(8-12)16(17,18)19;/h3-5,8,10H,6-7,9H2,1-2H3,(H2,20,21,22);1H. The van der Waals surface area contributed by atoms with E-state index in [9.17, 15) is 13.2 Å². The van der Waals surface area contributed by atoms with Gasteiger partial charge in [-0.15, -0.1) is 35.3 Å². The van der Waals surface area contributed by atoms with Gasteiger partial charge in [0.05, 0.1) is 16.3 Å². The molecule has 0 unspecified atom stereocenters. The Balaban J connectivity index is 0.00000312. The molecule has 2 N–H and O–H groups in total. The minimum Gasteiger partial charge on any atom is -0.356 e. The molecule has 25 heavy (non-hydrogen) atoms. The second-order valence-electron chi connectivity index (χ2n) is 5.16. The fraction of sp³-hybridized carbons (Fsp3) is 0.375. The van der Waals surface area contributed by atoms with E-state index in [1.165, 1.54) is 6.07 Å². The van der Waals surface area contributed by atoms with Gasteiger partial charge in [0.1, 0.15) is 0 Å². The third-order valence-electron chi connectivity index (χ3n) is 3.28. The summed E-state index contributed by atoms with van der Waals surface area (Å²) in [6.07, 6.45) is -3.57. The quantitative estimate of drug-likeness (QED) is 0.384. The minimum absolute atomic E-state index is 0. The highest BCUT2D eigenvalue weighted by molar-refractivity contribution is 14.0. The van der Waals surface area contributed by atoms with Crippen molar-refractivity contribution in [3.05, 3.63) is 51.5 Å². The van der Waals surface area contributed by atoms with Crippen molar-refractivity contribution < 1.29 is 13.2 Å². The molecule has 9 heteroatoms. The van der Waals surface area contributed by atoms with E-state index in [1.807, 2.05) is 12.3 Å². The van der Waals surface area contributed by atoms with E-state index in [0.29, 0.717) is 18.1 Å². The second kappa shape index (κ2) is 9.95. The Bertz CT molecular complexity index is 701. The normalized spacial score (nSPS) is 11.8. The Morgan fingerprint density at radius 2 is 2.04 bits per heavy atom. The molecule has 0 saturated heterocycles. The van der Waals surface area contributed by atoms with Crippen LogP contribution in [0.25, 0.3) is 0 Å². The first-order valence-corrected chi connectivity index (χ1v) is 8.28. The third-order valence-corrected chi connectivity index (χ3v) is 4.10. The molecule has 0 radical (unpaired) electrons. The van der Waals surface area contributed by atoms with Crippen LogP contribution < -0.4 is 10.6 Å². The topological polar surface area (TPSA) is 49.3 Å². The first-order chi connectivity index (χ1) is 11.4. The maximum atomic E-state index is 12.7. The molecule has 0 saturated carbocycles. The zero-order valence-corrected chi connectivity index (χ0v) is 17.0. The highest BCUT2D eigenvalue weighted by atomic mass is 127. The van der Waals surface area contributed by atoms with Gasteiger partial charge in [0, 0.05) is 31.9 Å². The Morgan fingerprint density at radius 1 is 1.28 bits per heavy atom. The number of aryl methyl sites for hydroxylation is 1. The summed E-state index contributed by atoms with van der Waals surface area (Å²) in [7, 11) is 1.62. The predicted octanol–water partition coefficient (Wildman–Crippen LogP) is 4.00. The van der Waals surface area contributed by atoms with Crippen LogP contribution >= 0.6 is 35.3 Å². The van der Waals surface area contributed by atoms with Crippen molar-refractivity contribution >= 4 is 41.3 Å². The van der Waals surface area contributed by atoms with Gasteiger partial charge in [0.25, 0.3) is 0 Å². The minimum atomic E-state index is -4.33. The number of aliphatic imine (C=N–C) groups is 1. The third kappa shape index (κ3) is 7.18. The Kier molecular flexibility index (Phi) is 8.63. The number of aromatic nitrogens is 1. The number of benzene rings is 1. The van der Waals surface area contributed by atoms with Gasteiger partial charge in [-0.05, 0) is 24.6 Å². The number of nitrogens with zero attached hydrogens (tertiary/aromatic N) is 2. The summed E-state index contributed by atoms with van der Waals surface area (Å²) in [5, 5.41) is 9.17. The van der Waals surface area contributed by atoms with Crippen molar-refractivity contribution in [2.45, 2.75) is 26.1 Å². The summed E-state index contributed by atoms with van der Waals surface area (Å²) < 4.78 is 38.1. The van der Waals surface area contributed by atoms with E-state index in [0.717, 1.165) is 29.3 Å². The van der Waals surface area contributed by atoms with E-state index < -0.39 is 11.7 Å². The van der Waals surface area contributed by atoms with Crippen LogP contribution in [0.15, 0.2) is 34.6 Å². The molecule has 1 aromatic carbocycles. The Morgan fingerprint density at radius 3 is 2.64 bits per heavy atom. The Hall–Kier alpha value is -1.36. The van der Waals surface area contributed by atoms with Gasteiger partial charge in [0.2, 0.25) is 0 Å². The molecule has 0 aliphatic carbocycles. The van der Waals surface area contributed by atoms with Crippen molar-refractivity contribution in [3.63, 3.8) is 0 Å². The van der Waals surface area contributed by atoms with Crippen molar-refractivity contribution in [3.8, 4) is 0 Å². The van der Waals surface area contributed by atoms with Crippen LogP contribution in [0.1, 0.15) is 21.8 Å². The van der Waals surface area contributed by atoms with Gasteiger partial charge in [-0.1, -0.05) is 12.1 Å². The summed E-state index contributed by atoms with van der Waals surface area (Å²) in [5.41, 5.74) is 0.907. The lowest BCUT2D eigenvalue weighted by atomic mass is 10.1. The molecular formula is C16H20F3IN4S. The summed E-state index contributed by atoms with van der Waals surface area (Å²) in [5.74, 6) is 0.541. The number of rotatable bonds is 5. The van der Waals surface area contributed by atoms with Crippen LogP contribution in [0.5, 0.6) is 0 Å². The largest absolute Gasteiger partial charge is 0.416 e. The highest BCUT2D eigenvalue weighted by Gasteiger charge is 2.30. The van der Waals surface area contributed by atoms with Gasteiger partial charge in [-0.3, -0.25) is 4.99 Å². The maximum Gasteiger partial charge on any atom is 0.416 e. The van der Waals surface area contributed by atoms with E-state index in [2.05, 4.69) is 20.6 Å². The molecule has 0 spiro atoms. The second-order valence-corrected chi connectivity index (χ2v) is 6.22. The summed E-state index contributed by atoms with van der Waals surface area (Å²) in [6, 6.07) is 5.25. The van der Waals surface area contributed by atoms with Crippen LogP contribution in [-0.4, -0.2) is 24.5 Å². The van der Waals surface area contributed by atoms with E-state index in [-0.39, 0.29) is 30.5 Å². The molecule has 0 aliphatic rings.